The lowest BCUT2D eigenvalue weighted by atomic mass is 10.0. The van der Waals surface area contributed by atoms with Gasteiger partial charge < -0.3 is 15.2 Å². The Morgan fingerprint density at radius 1 is 1.32 bits per heavy atom. The predicted octanol–water partition coefficient (Wildman–Crippen LogP) is 2.90. The summed E-state index contributed by atoms with van der Waals surface area (Å²) in [5.41, 5.74) is 2.18. The van der Waals surface area contributed by atoms with Crippen LogP contribution in [-0.2, 0) is 9.59 Å². The zero-order valence-corrected chi connectivity index (χ0v) is 15.6. The number of amides is 1. The van der Waals surface area contributed by atoms with Gasteiger partial charge in [0.1, 0.15) is 16.8 Å². The number of nitrogens with zero attached hydrogens (tertiary/aromatic N) is 2. The molecule has 9 heteroatoms. The number of ether oxygens (including phenoxy) is 1. The van der Waals surface area contributed by atoms with E-state index in [9.17, 15) is 14.0 Å². The van der Waals surface area contributed by atoms with Crippen LogP contribution in [0.1, 0.15) is 12.0 Å². The summed E-state index contributed by atoms with van der Waals surface area (Å²) in [7, 11) is 1.53. The van der Waals surface area contributed by atoms with E-state index in [1.165, 1.54) is 25.5 Å². The molecule has 7 nitrogen and oxygen atoms in total. The van der Waals surface area contributed by atoms with Gasteiger partial charge in [-0.3, -0.25) is 9.59 Å². The Hall–Kier alpha value is -3.20. The zero-order valence-electron chi connectivity index (χ0n) is 14.8. The summed E-state index contributed by atoms with van der Waals surface area (Å²) in [4.78, 5) is 22.3. The van der Waals surface area contributed by atoms with E-state index in [0.29, 0.717) is 11.3 Å². The third-order valence-corrected chi connectivity index (χ3v) is 4.95. The first-order valence-corrected chi connectivity index (χ1v) is 9.08. The SMILES string of the molecule is COc1ccc(F)cc1-c1ccc(C=NN=C2NC(=O)C(CC(=O)O)S2)cc1. The molecule has 1 saturated heterocycles. The van der Waals surface area contributed by atoms with Gasteiger partial charge in [-0.05, 0) is 29.3 Å². The lowest BCUT2D eigenvalue weighted by Crippen LogP contribution is -2.26. The summed E-state index contributed by atoms with van der Waals surface area (Å²) in [6, 6.07) is 11.5. The van der Waals surface area contributed by atoms with E-state index in [4.69, 9.17) is 9.84 Å². The van der Waals surface area contributed by atoms with Crippen molar-refractivity contribution in [1.29, 1.82) is 0 Å². The number of halogens is 1. The molecular formula is C19H16FN3O4S. The molecule has 1 atom stereocenters. The number of carboxylic acid groups (broad SMARTS) is 1. The summed E-state index contributed by atoms with van der Waals surface area (Å²) >= 11 is 1.03. The highest BCUT2D eigenvalue weighted by atomic mass is 32.2. The minimum absolute atomic E-state index is 0.258. The van der Waals surface area contributed by atoms with E-state index in [0.717, 1.165) is 22.9 Å². The van der Waals surface area contributed by atoms with Crippen LogP contribution in [0, 0.1) is 5.82 Å². The Morgan fingerprint density at radius 2 is 2.07 bits per heavy atom. The largest absolute Gasteiger partial charge is 0.496 e. The lowest BCUT2D eigenvalue weighted by molar-refractivity contribution is -0.138. The van der Waals surface area contributed by atoms with Crippen LogP contribution in [0.15, 0.2) is 52.7 Å². The Balaban J connectivity index is 1.69. The molecule has 1 fully saturated rings. The van der Waals surface area contributed by atoms with E-state index in [-0.39, 0.29) is 17.4 Å². The van der Waals surface area contributed by atoms with Crippen LogP contribution in [0.5, 0.6) is 5.75 Å². The van der Waals surface area contributed by atoms with Crippen molar-refractivity contribution >= 4 is 35.0 Å². The van der Waals surface area contributed by atoms with Crippen LogP contribution < -0.4 is 10.1 Å². The van der Waals surface area contributed by atoms with Gasteiger partial charge in [0.05, 0.1) is 19.7 Å². The maximum absolute atomic E-state index is 13.5. The van der Waals surface area contributed by atoms with Gasteiger partial charge in [0.2, 0.25) is 5.91 Å². The first-order valence-electron chi connectivity index (χ1n) is 8.20. The molecule has 3 rings (SSSR count). The second-order valence-corrected chi connectivity index (χ2v) is 7.00. The van der Waals surface area contributed by atoms with Crippen molar-refractivity contribution in [3.05, 3.63) is 53.8 Å². The Bertz CT molecular complexity index is 960. The normalized spacial score (nSPS) is 17.9. The van der Waals surface area contributed by atoms with E-state index in [2.05, 4.69) is 15.5 Å². The van der Waals surface area contributed by atoms with Gasteiger partial charge in [-0.1, -0.05) is 36.0 Å². The molecule has 1 amide bonds. The first-order chi connectivity index (χ1) is 13.5. The van der Waals surface area contributed by atoms with Gasteiger partial charge in [0.15, 0.2) is 5.17 Å². The molecule has 1 aliphatic rings. The van der Waals surface area contributed by atoms with E-state index >= 15 is 0 Å². The molecule has 1 heterocycles. The van der Waals surface area contributed by atoms with Gasteiger partial charge >= 0.3 is 5.97 Å². The van der Waals surface area contributed by atoms with Gasteiger partial charge in [0, 0.05) is 5.56 Å². The smallest absolute Gasteiger partial charge is 0.305 e. The average molecular weight is 401 g/mol. The summed E-state index contributed by atoms with van der Waals surface area (Å²) < 4.78 is 18.8. The maximum Gasteiger partial charge on any atom is 0.305 e. The molecule has 2 aromatic carbocycles. The summed E-state index contributed by atoms with van der Waals surface area (Å²) in [6.45, 7) is 0. The Morgan fingerprint density at radius 3 is 2.75 bits per heavy atom. The summed E-state index contributed by atoms with van der Waals surface area (Å²) in [5.74, 6) is -1.23. The predicted molar refractivity (Wildman–Crippen MR) is 105 cm³/mol. The molecule has 0 radical (unpaired) electrons. The molecule has 28 heavy (non-hydrogen) atoms. The van der Waals surface area contributed by atoms with Gasteiger partial charge in [-0.15, -0.1) is 5.10 Å². The molecule has 0 saturated carbocycles. The van der Waals surface area contributed by atoms with Crippen molar-refractivity contribution in [2.75, 3.05) is 7.11 Å². The molecule has 0 spiro atoms. The van der Waals surface area contributed by atoms with Gasteiger partial charge in [-0.2, -0.15) is 5.10 Å². The number of carboxylic acids is 1. The molecule has 1 aliphatic heterocycles. The monoisotopic (exact) mass is 401 g/mol. The van der Waals surface area contributed by atoms with E-state index < -0.39 is 17.1 Å². The van der Waals surface area contributed by atoms with Crippen LogP contribution in [-0.4, -0.2) is 40.7 Å². The number of carbonyl (C=O) groups is 2. The third kappa shape index (κ3) is 4.74. The van der Waals surface area contributed by atoms with Crippen molar-refractivity contribution in [2.24, 2.45) is 10.2 Å². The van der Waals surface area contributed by atoms with Crippen molar-refractivity contribution in [3.63, 3.8) is 0 Å². The van der Waals surface area contributed by atoms with Gasteiger partial charge in [0.25, 0.3) is 0 Å². The van der Waals surface area contributed by atoms with Crippen molar-refractivity contribution < 1.29 is 23.8 Å². The first kappa shape index (κ1) is 19.6. The lowest BCUT2D eigenvalue weighted by Gasteiger charge is -2.08. The molecule has 2 aromatic rings. The minimum atomic E-state index is -1.05. The van der Waals surface area contributed by atoms with Crippen LogP contribution in [0.2, 0.25) is 0 Å². The van der Waals surface area contributed by atoms with Crippen molar-refractivity contribution in [1.82, 2.24) is 5.32 Å². The number of aliphatic carboxylic acids is 1. The van der Waals surface area contributed by atoms with Crippen LogP contribution in [0.4, 0.5) is 4.39 Å². The minimum Gasteiger partial charge on any atom is -0.496 e. The highest BCUT2D eigenvalue weighted by Crippen LogP contribution is 2.30. The number of thioether (sulfide) groups is 1. The van der Waals surface area contributed by atoms with Crippen LogP contribution in [0.25, 0.3) is 11.1 Å². The number of nitrogens with one attached hydrogen (secondary N) is 1. The van der Waals surface area contributed by atoms with E-state index in [1.54, 1.807) is 30.3 Å². The second-order valence-electron chi connectivity index (χ2n) is 5.81. The Labute approximate surface area is 164 Å². The molecule has 0 aromatic heterocycles. The highest BCUT2D eigenvalue weighted by molar-refractivity contribution is 8.15. The molecular weight excluding hydrogens is 385 g/mol. The summed E-state index contributed by atoms with van der Waals surface area (Å²) in [6.07, 6.45) is 1.22. The third-order valence-electron chi connectivity index (χ3n) is 3.88. The number of rotatable bonds is 6. The number of hydrogen-bond acceptors (Lipinski definition) is 6. The van der Waals surface area contributed by atoms with Crippen LogP contribution >= 0.6 is 11.8 Å². The maximum atomic E-state index is 13.5. The fourth-order valence-electron chi connectivity index (χ4n) is 2.55. The number of hydrogen-bond donors (Lipinski definition) is 2. The van der Waals surface area contributed by atoms with Crippen LogP contribution in [0.3, 0.4) is 0 Å². The quantitative estimate of drug-likeness (QED) is 0.573. The summed E-state index contributed by atoms with van der Waals surface area (Å²) in [5, 5.41) is 18.6. The molecule has 144 valence electrons. The van der Waals surface area contributed by atoms with E-state index in [1.807, 2.05) is 0 Å². The van der Waals surface area contributed by atoms with Crippen molar-refractivity contribution in [3.8, 4) is 16.9 Å². The Kier molecular flexibility index (Phi) is 6.05. The fraction of sp³-hybridized carbons (Fsp3) is 0.158. The highest BCUT2D eigenvalue weighted by Gasteiger charge is 2.32. The zero-order chi connectivity index (χ0) is 20.1. The molecule has 0 aliphatic carbocycles. The number of amidine groups is 1. The molecule has 0 bridgehead atoms. The topological polar surface area (TPSA) is 100 Å². The number of benzene rings is 2. The van der Waals surface area contributed by atoms with Crippen molar-refractivity contribution in [2.45, 2.75) is 11.7 Å². The number of methoxy groups -OCH3 is 1. The van der Waals surface area contributed by atoms with Gasteiger partial charge in [-0.25, -0.2) is 4.39 Å². The number of carbonyl (C=O) groups excluding carboxylic acids is 1. The second kappa shape index (κ2) is 8.66. The average Bonchev–Trinajstić information content (AvgIpc) is 3.01. The fourth-order valence-corrected chi connectivity index (χ4v) is 3.46. The molecule has 1 unspecified atom stereocenters. The standard InChI is InChI=1S/C19H16FN3O4S/c1-27-15-7-6-13(20)8-14(15)12-4-2-11(3-5-12)10-21-23-19-22-18(26)16(28-19)9-17(24)25/h2-8,10,16H,9H2,1H3,(H,24,25)(H,22,23,26). The molecule has 2 N–H and O–H groups in total.